The second kappa shape index (κ2) is 5.80. The Bertz CT molecular complexity index is 366. The van der Waals surface area contributed by atoms with Gasteiger partial charge in [-0.2, -0.15) is 0 Å². The zero-order valence-electron chi connectivity index (χ0n) is 9.59. The van der Waals surface area contributed by atoms with Crippen LogP contribution in [-0.2, 0) is 16.1 Å². The Kier molecular flexibility index (Phi) is 4.12. The molecule has 1 fully saturated rings. The minimum atomic E-state index is -0.909. The molecule has 0 saturated carbocycles. The van der Waals surface area contributed by atoms with E-state index in [1.807, 2.05) is 0 Å². The highest BCUT2D eigenvalue weighted by Crippen LogP contribution is 2.15. The van der Waals surface area contributed by atoms with Crippen molar-refractivity contribution >= 4 is 5.97 Å². The summed E-state index contributed by atoms with van der Waals surface area (Å²) in [4.78, 5) is 10.7. The number of rotatable bonds is 4. The van der Waals surface area contributed by atoms with Crippen molar-refractivity contribution in [1.82, 2.24) is 0 Å². The molecule has 0 bridgehead atoms. The topological polar surface area (TPSA) is 55.8 Å². The van der Waals surface area contributed by atoms with Crippen LogP contribution in [-0.4, -0.2) is 24.0 Å². The number of ether oxygens (including phenoxy) is 2. The van der Waals surface area contributed by atoms with Gasteiger partial charge in [-0.05, 0) is 37.0 Å². The Balaban J connectivity index is 1.84. The lowest BCUT2D eigenvalue weighted by Crippen LogP contribution is -2.21. The summed E-state index contributed by atoms with van der Waals surface area (Å²) in [6.45, 7) is 1.23. The molecule has 0 aromatic heterocycles. The molecule has 0 aliphatic carbocycles. The maximum Gasteiger partial charge on any atom is 0.335 e. The van der Waals surface area contributed by atoms with Gasteiger partial charge in [0.1, 0.15) is 0 Å². The van der Waals surface area contributed by atoms with E-state index in [9.17, 15) is 4.79 Å². The SMILES string of the molecule is O=C(O)c1ccc(COC2CCCCO2)cc1. The maximum atomic E-state index is 10.7. The van der Waals surface area contributed by atoms with Crippen LogP contribution in [0.25, 0.3) is 0 Å². The van der Waals surface area contributed by atoms with Crippen molar-refractivity contribution in [3.05, 3.63) is 35.4 Å². The molecule has 1 atom stereocenters. The van der Waals surface area contributed by atoms with Gasteiger partial charge < -0.3 is 14.6 Å². The second-order valence-corrected chi connectivity index (χ2v) is 4.11. The number of aromatic carboxylic acids is 1. The lowest BCUT2D eigenvalue weighted by molar-refractivity contribution is -0.168. The van der Waals surface area contributed by atoms with Gasteiger partial charge in [0.2, 0.25) is 0 Å². The quantitative estimate of drug-likeness (QED) is 0.872. The first-order chi connectivity index (χ1) is 8.25. The van der Waals surface area contributed by atoms with Crippen LogP contribution in [0.1, 0.15) is 35.2 Å². The van der Waals surface area contributed by atoms with Gasteiger partial charge in [-0.15, -0.1) is 0 Å². The van der Waals surface area contributed by atoms with E-state index in [1.54, 1.807) is 24.3 Å². The van der Waals surface area contributed by atoms with E-state index in [-0.39, 0.29) is 6.29 Å². The molecule has 1 N–H and O–H groups in total. The number of carboxylic acids is 1. The Morgan fingerprint density at radius 2 is 2.12 bits per heavy atom. The summed E-state index contributed by atoms with van der Waals surface area (Å²) in [7, 11) is 0. The monoisotopic (exact) mass is 236 g/mol. The second-order valence-electron chi connectivity index (χ2n) is 4.11. The Labute approximate surface area is 100 Å². The van der Waals surface area contributed by atoms with Gasteiger partial charge in [-0.3, -0.25) is 0 Å². The van der Waals surface area contributed by atoms with E-state index < -0.39 is 5.97 Å². The molecule has 0 amide bonds. The van der Waals surface area contributed by atoms with E-state index in [0.29, 0.717) is 12.2 Å². The van der Waals surface area contributed by atoms with E-state index in [4.69, 9.17) is 14.6 Å². The first kappa shape index (κ1) is 12.1. The molecule has 1 saturated heterocycles. The summed E-state index contributed by atoms with van der Waals surface area (Å²) in [5.74, 6) is -0.909. The van der Waals surface area contributed by atoms with E-state index in [2.05, 4.69) is 0 Å². The minimum absolute atomic E-state index is 0.108. The Morgan fingerprint density at radius 1 is 1.35 bits per heavy atom. The van der Waals surface area contributed by atoms with Gasteiger partial charge in [-0.1, -0.05) is 12.1 Å². The first-order valence-electron chi connectivity index (χ1n) is 5.81. The zero-order chi connectivity index (χ0) is 12.1. The van der Waals surface area contributed by atoms with Crippen LogP contribution in [0.2, 0.25) is 0 Å². The first-order valence-corrected chi connectivity index (χ1v) is 5.81. The number of carbonyl (C=O) groups is 1. The number of hydrogen-bond acceptors (Lipinski definition) is 3. The van der Waals surface area contributed by atoms with Crippen molar-refractivity contribution in [2.24, 2.45) is 0 Å². The van der Waals surface area contributed by atoms with Crippen molar-refractivity contribution in [1.29, 1.82) is 0 Å². The summed E-state index contributed by atoms with van der Waals surface area (Å²) in [5.41, 5.74) is 1.26. The van der Waals surface area contributed by atoms with Crippen LogP contribution in [0.3, 0.4) is 0 Å². The smallest absolute Gasteiger partial charge is 0.335 e. The van der Waals surface area contributed by atoms with Crippen LogP contribution in [0.4, 0.5) is 0 Å². The lowest BCUT2D eigenvalue weighted by atomic mass is 10.1. The molecule has 1 aliphatic heterocycles. The summed E-state index contributed by atoms with van der Waals surface area (Å²) < 4.78 is 11.0. The lowest BCUT2D eigenvalue weighted by Gasteiger charge is -2.22. The zero-order valence-corrected chi connectivity index (χ0v) is 9.59. The molecule has 92 valence electrons. The number of carboxylic acid groups (broad SMARTS) is 1. The van der Waals surface area contributed by atoms with E-state index >= 15 is 0 Å². The molecule has 2 rings (SSSR count). The molecule has 4 nitrogen and oxygen atoms in total. The average Bonchev–Trinajstić information content (AvgIpc) is 2.38. The Hall–Kier alpha value is -1.39. The fourth-order valence-electron chi connectivity index (χ4n) is 1.78. The predicted octanol–water partition coefficient (Wildman–Crippen LogP) is 2.43. The highest BCUT2D eigenvalue weighted by Gasteiger charge is 2.13. The molecule has 0 spiro atoms. The van der Waals surface area contributed by atoms with Crippen molar-refractivity contribution in [3.63, 3.8) is 0 Å². The molecule has 1 aliphatic rings. The molecule has 17 heavy (non-hydrogen) atoms. The predicted molar refractivity (Wildman–Crippen MR) is 61.8 cm³/mol. The highest BCUT2D eigenvalue weighted by molar-refractivity contribution is 5.87. The number of benzene rings is 1. The van der Waals surface area contributed by atoms with Crippen molar-refractivity contribution in [3.8, 4) is 0 Å². The summed E-state index contributed by atoms with van der Waals surface area (Å²) in [6, 6.07) is 6.71. The molecular formula is C13H16O4. The van der Waals surface area contributed by atoms with Crippen LogP contribution < -0.4 is 0 Å². The standard InChI is InChI=1S/C13H16O4/c14-13(15)11-6-4-10(5-7-11)9-17-12-3-1-2-8-16-12/h4-7,12H,1-3,8-9H2,(H,14,15). The van der Waals surface area contributed by atoms with E-state index in [0.717, 1.165) is 31.4 Å². The third-order valence-corrected chi connectivity index (χ3v) is 2.77. The third kappa shape index (κ3) is 3.54. The molecule has 1 unspecified atom stereocenters. The average molecular weight is 236 g/mol. The van der Waals surface area contributed by atoms with E-state index in [1.165, 1.54) is 0 Å². The molecule has 1 heterocycles. The summed E-state index contributed by atoms with van der Waals surface area (Å²) >= 11 is 0. The normalized spacial score (nSPS) is 20.1. The Morgan fingerprint density at radius 3 is 2.71 bits per heavy atom. The fourth-order valence-corrected chi connectivity index (χ4v) is 1.78. The molecule has 0 radical (unpaired) electrons. The van der Waals surface area contributed by atoms with Gasteiger partial charge in [-0.25, -0.2) is 4.79 Å². The van der Waals surface area contributed by atoms with Crippen molar-refractivity contribution < 1.29 is 19.4 Å². The summed E-state index contributed by atoms with van der Waals surface area (Å²) in [6.07, 6.45) is 3.08. The third-order valence-electron chi connectivity index (χ3n) is 2.77. The van der Waals surface area contributed by atoms with Crippen LogP contribution in [0.15, 0.2) is 24.3 Å². The molecule has 1 aromatic carbocycles. The number of hydrogen-bond donors (Lipinski definition) is 1. The van der Waals surface area contributed by atoms with Crippen molar-refractivity contribution in [2.45, 2.75) is 32.2 Å². The van der Waals surface area contributed by atoms with Gasteiger partial charge in [0.15, 0.2) is 6.29 Å². The molecule has 4 heteroatoms. The van der Waals surface area contributed by atoms with Gasteiger partial charge >= 0.3 is 5.97 Å². The van der Waals surface area contributed by atoms with Crippen LogP contribution >= 0.6 is 0 Å². The fraction of sp³-hybridized carbons (Fsp3) is 0.462. The van der Waals surface area contributed by atoms with Gasteiger partial charge in [0.25, 0.3) is 0 Å². The largest absolute Gasteiger partial charge is 0.478 e. The maximum absolute atomic E-state index is 10.7. The molecule has 1 aromatic rings. The van der Waals surface area contributed by atoms with Crippen LogP contribution in [0, 0.1) is 0 Å². The minimum Gasteiger partial charge on any atom is -0.478 e. The summed E-state index contributed by atoms with van der Waals surface area (Å²) in [5, 5.41) is 8.76. The highest BCUT2D eigenvalue weighted by atomic mass is 16.7. The van der Waals surface area contributed by atoms with Crippen molar-refractivity contribution in [2.75, 3.05) is 6.61 Å². The van der Waals surface area contributed by atoms with Crippen LogP contribution in [0.5, 0.6) is 0 Å². The molecular weight excluding hydrogens is 220 g/mol. The van der Waals surface area contributed by atoms with Gasteiger partial charge in [0, 0.05) is 6.61 Å². The van der Waals surface area contributed by atoms with Gasteiger partial charge in [0.05, 0.1) is 12.2 Å².